The van der Waals surface area contributed by atoms with Gasteiger partial charge < -0.3 is 19.3 Å². The van der Waals surface area contributed by atoms with Gasteiger partial charge in [0.2, 0.25) is 0 Å². The summed E-state index contributed by atoms with van der Waals surface area (Å²) >= 11 is 0. The van der Waals surface area contributed by atoms with Crippen molar-refractivity contribution >= 4 is 18.7 Å². The van der Waals surface area contributed by atoms with Gasteiger partial charge in [0.25, 0.3) is 0 Å². The molecule has 0 aromatic carbocycles. The van der Waals surface area contributed by atoms with Crippen LogP contribution in [0.25, 0.3) is 0 Å². The summed E-state index contributed by atoms with van der Waals surface area (Å²) in [7, 11) is -0.389. The van der Waals surface area contributed by atoms with E-state index in [9.17, 15) is 9.90 Å². The maximum absolute atomic E-state index is 11.3. The lowest BCUT2D eigenvalue weighted by molar-refractivity contribution is 0.00578. The van der Waals surface area contributed by atoms with Crippen molar-refractivity contribution in [2.45, 2.75) is 91.0 Å². The Morgan fingerprint density at radius 2 is 1.78 bits per heavy atom. The van der Waals surface area contributed by atoms with Crippen LogP contribution in [0.4, 0.5) is 4.79 Å². The predicted molar refractivity (Wildman–Crippen MR) is 106 cm³/mol. The maximum atomic E-state index is 11.3. The van der Waals surface area contributed by atoms with Gasteiger partial charge >= 0.3 is 13.2 Å². The Balaban J connectivity index is 1.78. The minimum Gasteiger partial charge on any atom is -0.465 e. The smallest absolute Gasteiger partial charge is 0.465 e. The van der Waals surface area contributed by atoms with Crippen molar-refractivity contribution in [1.82, 2.24) is 14.7 Å². The molecule has 0 atom stereocenters. The lowest BCUT2D eigenvalue weighted by atomic mass is 9.82. The molecule has 1 amide bonds. The van der Waals surface area contributed by atoms with Crippen molar-refractivity contribution in [2.24, 2.45) is 0 Å². The summed E-state index contributed by atoms with van der Waals surface area (Å²) in [5.41, 5.74) is -0.157. The monoisotopic (exact) mass is 379 g/mol. The fraction of sp³-hybridized carbons (Fsp3) is 0.789. The van der Waals surface area contributed by atoms with Crippen molar-refractivity contribution < 1.29 is 19.2 Å². The first-order valence-corrected chi connectivity index (χ1v) is 9.72. The van der Waals surface area contributed by atoms with Gasteiger partial charge in [-0.25, -0.2) is 4.79 Å². The summed E-state index contributed by atoms with van der Waals surface area (Å²) in [6.45, 7) is 15.3. The highest BCUT2D eigenvalue weighted by Crippen LogP contribution is 2.36. The number of rotatable bonds is 7. The first-order valence-electron chi connectivity index (χ1n) is 9.72. The van der Waals surface area contributed by atoms with Crippen LogP contribution < -0.4 is 5.46 Å². The molecule has 0 unspecified atom stereocenters. The van der Waals surface area contributed by atoms with Gasteiger partial charge in [0.15, 0.2) is 0 Å². The van der Waals surface area contributed by atoms with Gasteiger partial charge in [-0.3, -0.25) is 4.68 Å². The van der Waals surface area contributed by atoms with E-state index >= 15 is 0 Å². The summed E-state index contributed by atoms with van der Waals surface area (Å²) < 4.78 is 14.0. The van der Waals surface area contributed by atoms with Gasteiger partial charge in [-0.15, -0.1) is 0 Å². The minimum atomic E-state index is -0.860. The molecule has 152 valence electrons. The van der Waals surface area contributed by atoms with Gasteiger partial charge in [0, 0.05) is 36.5 Å². The molecule has 1 aromatic heterocycles. The number of hydrogen-bond donors (Lipinski definition) is 1. The molecule has 2 heterocycles. The molecular formula is C19H34BN3O4. The van der Waals surface area contributed by atoms with E-state index in [1.807, 2.05) is 59.3 Å². The largest absolute Gasteiger partial charge is 0.498 e. The van der Waals surface area contributed by atoms with Crippen LogP contribution >= 0.6 is 0 Å². The number of carboxylic acid groups (broad SMARTS) is 1. The van der Waals surface area contributed by atoms with Crippen LogP contribution in [0.5, 0.6) is 0 Å². The average Bonchev–Trinajstić information content (AvgIpc) is 3.04. The first-order chi connectivity index (χ1) is 12.3. The highest BCUT2D eigenvalue weighted by atomic mass is 16.7. The number of amides is 1. The zero-order valence-electron chi connectivity index (χ0n) is 17.8. The van der Waals surface area contributed by atoms with Gasteiger partial charge in [0.05, 0.1) is 11.2 Å². The van der Waals surface area contributed by atoms with Gasteiger partial charge in [-0.2, -0.15) is 5.10 Å². The molecule has 7 nitrogen and oxygen atoms in total. The van der Waals surface area contributed by atoms with Crippen LogP contribution in [0.15, 0.2) is 12.4 Å². The minimum absolute atomic E-state index is 0.358. The molecule has 1 aromatic rings. The Labute approximate surface area is 163 Å². The summed E-state index contributed by atoms with van der Waals surface area (Å²) in [6.07, 6.45) is 5.65. The molecule has 1 fully saturated rings. The van der Waals surface area contributed by atoms with Crippen LogP contribution in [0.3, 0.4) is 0 Å². The predicted octanol–water partition coefficient (Wildman–Crippen LogP) is 3.13. The molecule has 0 bridgehead atoms. The SMILES string of the molecule is CC(C)(C)N(CCCCCn1cc(B2OC(C)(C)C(C)(C)O2)cn1)C(=O)O. The van der Waals surface area contributed by atoms with Crippen LogP contribution in [0.2, 0.25) is 0 Å². The van der Waals surface area contributed by atoms with E-state index in [-0.39, 0.29) is 23.9 Å². The van der Waals surface area contributed by atoms with Crippen LogP contribution in [-0.2, 0) is 15.9 Å². The number of carbonyl (C=O) groups is 1. The average molecular weight is 379 g/mol. The van der Waals surface area contributed by atoms with Crippen molar-refractivity contribution in [3.63, 3.8) is 0 Å². The van der Waals surface area contributed by atoms with E-state index in [0.29, 0.717) is 6.54 Å². The Morgan fingerprint density at radius 1 is 1.19 bits per heavy atom. The summed E-state index contributed by atoms with van der Waals surface area (Å²) in [5, 5.41) is 13.7. The third-order valence-electron chi connectivity index (χ3n) is 5.49. The number of nitrogens with zero attached hydrogens (tertiary/aromatic N) is 3. The second-order valence-corrected chi connectivity index (χ2v) is 9.29. The zero-order chi connectivity index (χ0) is 20.5. The zero-order valence-corrected chi connectivity index (χ0v) is 17.8. The normalized spacial score (nSPS) is 18.7. The molecule has 27 heavy (non-hydrogen) atoms. The van der Waals surface area contributed by atoms with E-state index in [0.717, 1.165) is 31.3 Å². The second kappa shape index (κ2) is 7.83. The van der Waals surface area contributed by atoms with Gasteiger partial charge in [-0.1, -0.05) is 0 Å². The van der Waals surface area contributed by atoms with Gasteiger partial charge in [0.1, 0.15) is 0 Å². The number of aryl methyl sites for hydroxylation is 1. The highest BCUT2D eigenvalue weighted by Gasteiger charge is 2.52. The van der Waals surface area contributed by atoms with Crippen molar-refractivity contribution in [2.75, 3.05) is 6.54 Å². The summed E-state index contributed by atoms with van der Waals surface area (Å²) in [4.78, 5) is 12.8. The second-order valence-electron chi connectivity index (χ2n) is 9.29. The fourth-order valence-corrected chi connectivity index (χ4v) is 3.04. The Bertz CT molecular complexity index is 636. The number of aromatic nitrogens is 2. The fourth-order valence-electron chi connectivity index (χ4n) is 3.04. The Kier molecular flexibility index (Phi) is 6.31. The lowest BCUT2D eigenvalue weighted by Gasteiger charge is -2.33. The molecule has 1 N–H and O–H groups in total. The quantitative estimate of drug-likeness (QED) is 0.582. The number of hydrogen-bond acceptors (Lipinski definition) is 4. The molecule has 2 rings (SSSR count). The molecular weight excluding hydrogens is 345 g/mol. The van der Waals surface area contributed by atoms with E-state index in [1.165, 1.54) is 4.90 Å². The van der Waals surface area contributed by atoms with Crippen LogP contribution in [0.1, 0.15) is 67.7 Å². The number of unbranched alkanes of at least 4 members (excludes halogenated alkanes) is 2. The van der Waals surface area contributed by atoms with Crippen molar-refractivity contribution in [3.8, 4) is 0 Å². The van der Waals surface area contributed by atoms with E-state index < -0.39 is 6.09 Å². The van der Waals surface area contributed by atoms with E-state index in [4.69, 9.17) is 9.31 Å². The topological polar surface area (TPSA) is 76.8 Å². The summed E-state index contributed by atoms with van der Waals surface area (Å²) in [5.74, 6) is 0. The first kappa shape index (κ1) is 21.8. The summed E-state index contributed by atoms with van der Waals surface area (Å²) in [6, 6.07) is 0. The van der Waals surface area contributed by atoms with Crippen LogP contribution in [0, 0.1) is 0 Å². The van der Waals surface area contributed by atoms with Gasteiger partial charge in [-0.05, 0) is 67.7 Å². The van der Waals surface area contributed by atoms with Crippen molar-refractivity contribution in [3.05, 3.63) is 12.4 Å². The maximum Gasteiger partial charge on any atom is 0.498 e. The Morgan fingerprint density at radius 3 is 2.30 bits per heavy atom. The van der Waals surface area contributed by atoms with E-state index in [2.05, 4.69) is 5.10 Å². The molecule has 1 saturated heterocycles. The molecule has 1 aliphatic rings. The van der Waals surface area contributed by atoms with Crippen molar-refractivity contribution in [1.29, 1.82) is 0 Å². The molecule has 0 saturated carbocycles. The standard InChI is InChI=1S/C19H34BN3O4/c1-17(2,3)23(16(24)25)12-10-8-9-11-22-14-15(13-21-22)20-26-18(4,5)19(6,7)27-20/h13-14H,8-12H2,1-7H3,(H,24,25). The van der Waals surface area contributed by atoms with E-state index in [1.54, 1.807) is 6.20 Å². The molecule has 8 heteroatoms. The third kappa shape index (κ3) is 5.26. The lowest BCUT2D eigenvalue weighted by Crippen LogP contribution is -2.45. The third-order valence-corrected chi connectivity index (χ3v) is 5.49. The molecule has 1 aliphatic heterocycles. The Hall–Kier alpha value is -1.54. The molecule has 0 radical (unpaired) electrons. The molecule has 0 aliphatic carbocycles. The highest BCUT2D eigenvalue weighted by molar-refractivity contribution is 6.61. The van der Waals surface area contributed by atoms with Crippen LogP contribution in [-0.4, -0.2) is 56.3 Å². The molecule has 0 spiro atoms.